The van der Waals surface area contributed by atoms with E-state index in [0.29, 0.717) is 29.7 Å². The fourth-order valence-electron chi connectivity index (χ4n) is 1.81. The lowest BCUT2D eigenvalue weighted by Gasteiger charge is -2.10. The fraction of sp³-hybridized carbons (Fsp3) is 0.462. The van der Waals surface area contributed by atoms with Crippen molar-refractivity contribution < 1.29 is 9.26 Å². The Morgan fingerprint density at radius 2 is 2.32 bits per heavy atom. The maximum Gasteiger partial charge on any atom is 0.274 e. The maximum absolute atomic E-state index is 8.76. The first kappa shape index (κ1) is 13.3. The van der Waals surface area contributed by atoms with Gasteiger partial charge in [0.25, 0.3) is 5.89 Å². The van der Waals surface area contributed by atoms with Gasteiger partial charge < -0.3 is 14.2 Å². The second kappa shape index (κ2) is 6.16. The summed E-state index contributed by atoms with van der Waals surface area (Å²) in [5.74, 6) is 0.920. The molecule has 0 aliphatic carbocycles. The summed E-state index contributed by atoms with van der Waals surface area (Å²) in [5, 5.41) is 12.7. The Morgan fingerprint density at radius 3 is 2.95 bits per heavy atom. The largest absolute Gasteiger partial charge is 0.370 e. The van der Waals surface area contributed by atoms with Gasteiger partial charge in [-0.3, -0.25) is 0 Å². The molecule has 0 aromatic carbocycles. The number of hydrogen-bond donors (Lipinski definition) is 1. The van der Waals surface area contributed by atoms with Crippen LogP contribution in [-0.4, -0.2) is 21.7 Å². The predicted octanol–water partition coefficient (Wildman–Crippen LogP) is 2.81. The molecule has 2 rings (SSSR count). The highest BCUT2D eigenvalue weighted by Gasteiger charge is 2.19. The van der Waals surface area contributed by atoms with Gasteiger partial charge in [-0.1, -0.05) is 18.5 Å². The summed E-state index contributed by atoms with van der Waals surface area (Å²) in [6.45, 7) is 4.63. The molecule has 0 saturated heterocycles. The molecule has 1 N–H and O–H groups in total. The summed E-state index contributed by atoms with van der Waals surface area (Å²) in [5.41, 5.74) is 1.10. The second-order valence-corrected chi connectivity index (χ2v) is 4.09. The zero-order valence-corrected chi connectivity index (χ0v) is 11.0. The number of nitriles is 1. The van der Waals surface area contributed by atoms with Crippen LogP contribution in [0.4, 0.5) is 0 Å². The van der Waals surface area contributed by atoms with Crippen molar-refractivity contribution in [3.05, 3.63) is 23.7 Å². The van der Waals surface area contributed by atoms with Gasteiger partial charge in [-0.2, -0.15) is 10.2 Å². The van der Waals surface area contributed by atoms with E-state index >= 15 is 0 Å². The van der Waals surface area contributed by atoms with E-state index in [1.807, 2.05) is 13.0 Å². The molecule has 1 atom stereocenters. The van der Waals surface area contributed by atoms with Crippen molar-refractivity contribution in [2.45, 2.75) is 32.8 Å². The third-order valence-corrected chi connectivity index (χ3v) is 2.69. The van der Waals surface area contributed by atoms with Crippen LogP contribution in [0.2, 0.25) is 0 Å². The fourth-order valence-corrected chi connectivity index (χ4v) is 1.81. The number of nitrogens with zero attached hydrogens (tertiary/aromatic N) is 3. The Kier molecular flexibility index (Phi) is 4.31. The normalized spacial score (nSPS) is 12.3. The van der Waals surface area contributed by atoms with Crippen LogP contribution in [0.3, 0.4) is 0 Å². The van der Waals surface area contributed by atoms with Crippen LogP contribution in [0.1, 0.15) is 44.3 Å². The maximum atomic E-state index is 8.76. The highest BCUT2D eigenvalue weighted by Crippen LogP contribution is 2.23. The van der Waals surface area contributed by atoms with Crippen LogP contribution in [0.25, 0.3) is 11.6 Å². The smallest absolute Gasteiger partial charge is 0.274 e. The number of aromatic nitrogens is 3. The highest BCUT2D eigenvalue weighted by atomic mass is 16.5. The molecule has 0 saturated carbocycles. The third kappa shape index (κ3) is 3.01. The van der Waals surface area contributed by atoms with Gasteiger partial charge in [0, 0.05) is 6.61 Å². The van der Waals surface area contributed by atoms with Crippen molar-refractivity contribution in [1.29, 1.82) is 5.26 Å². The molecule has 0 aliphatic rings. The minimum atomic E-state index is -0.141. The van der Waals surface area contributed by atoms with Crippen molar-refractivity contribution in [3.8, 4) is 17.7 Å². The lowest BCUT2D eigenvalue weighted by molar-refractivity contribution is 0.0478. The predicted molar refractivity (Wildman–Crippen MR) is 68.1 cm³/mol. The molecular formula is C13H16N4O2. The molecule has 6 nitrogen and oxygen atoms in total. The summed E-state index contributed by atoms with van der Waals surface area (Å²) >= 11 is 0. The first-order valence-electron chi connectivity index (χ1n) is 6.33. The lowest BCUT2D eigenvalue weighted by Crippen LogP contribution is -2.05. The minimum Gasteiger partial charge on any atom is -0.370 e. The van der Waals surface area contributed by atoms with Gasteiger partial charge in [-0.05, 0) is 25.5 Å². The van der Waals surface area contributed by atoms with Crippen LogP contribution in [-0.2, 0) is 4.74 Å². The zero-order chi connectivity index (χ0) is 13.7. The summed E-state index contributed by atoms with van der Waals surface area (Å²) in [6, 6.07) is 5.43. The Bertz CT molecular complexity index is 561. The second-order valence-electron chi connectivity index (χ2n) is 4.09. The molecule has 0 bridgehead atoms. The average Bonchev–Trinajstić information content (AvgIpc) is 3.07. The quantitative estimate of drug-likeness (QED) is 0.862. The van der Waals surface area contributed by atoms with E-state index in [4.69, 9.17) is 14.5 Å². The SMILES string of the molecule is CCCC(OCC)c1noc(-c2ccc(C#N)[nH]2)n1. The zero-order valence-electron chi connectivity index (χ0n) is 11.0. The van der Waals surface area contributed by atoms with Gasteiger partial charge in [0.15, 0.2) is 0 Å². The molecule has 100 valence electrons. The number of aromatic amines is 1. The molecular weight excluding hydrogens is 244 g/mol. The number of H-pyrrole nitrogens is 1. The first-order valence-corrected chi connectivity index (χ1v) is 6.33. The molecule has 19 heavy (non-hydrogen) atoms. The average molecular weight is 260 g/mol. The van der Waals surface area contributed by atoms with E-state index in [1.54, 1.807) is 12.1 Å². The molecule has 0 amide bonds. The third-order valence-electron chi connectivity index (χ3n) is 2.69. The van der Waals surface area contributed by atoms with Crippen LogP contribution in [0.5, 0.6) is 0 Å². The Morgan fingerprint density at radius 1 is 1.47 bits per heavy atom. The minimum absolute atomic E-state index is 0.141. The summed E-state index contributed by atoms with van der Waals surface area (Å²) in [7, 11) is 0. The van der Waals surface area contributed by atoms with E-state index in [9.17, 15) is 0 Å². The van der Waals surface area contributed by atoms with Crippen LogP contribution in [0, 0.1) is 11.3 Å². The van der Waals surface area contributed by atoms with E-state index < -0.39 is 0 Å². The number of hydrogen-bond acceptors (Lipinski definition) is 5. The van der Waals surface area contributed by atoms with Crippen molar-refractivity contribution in [1.82, 2.24) is 15.1 Å². The molecule has 1 unspecified atom stereocenters. The van der Waals surface area contributed by atoms with Crippen LogP contribution < -0.4 is 0 Å². The van der Waals surface area contributed by atoms with Crippen molar-refractivity contribution >= 4 is 0 Å². The molecule has 0 spiro atoms. The summed E-state index contributed by atoms with van der Waals surface area (Å²) in [4.78, 5) is 7.22. The van der Waals surface area contributed by atoms with Crippen molar-refractivity contribution in [2.75, 3.05) is 6.61 Å². The molecule has 2 heterocycles. The standard InChI is InChI=1S/C13H16N4O2/c1-3-5-11(18-4-2)12-16-13(19-17-12)10-7-6-9(8-14)15-10/h6-7,11,15H,3-5H2,1-2H3. The van der Waals surface area contributed by atoms with Crippen LogP contribution in [0.15, 0.2) is 16.7 Å². The molecule has 2 aromatic rings. The Labute approximate surface area is 111 Å². The summed E-state index contributed by atoms with van der Waals surface area (Å²) in [6.07, 6.45) is 1.69. The van der Waals surface area contributed by atoms with Crippen LogP contribution >= 0.6 is 0 Å². The number of nitrogens with one attached hydrogen (secondary N) is 1. The van der Waals surface area contributed by atoms with E-state index in [2.05, 4.69) is 22.0 Å². The van der Waals surface area contributed by atoms with E-state index in [1.165, 1.54) is 0 Å². The van der Waals surface area contributed by atoms with E-state index in [-0.39, 0.29) is 6.10 Å². The van der Waals surface area contributed by atoms with Gasteiger partial charge >= 0.3 is 0 Å². The molecule has 0 aliphatic heterocycles. The van der Waals surface area contributed by atoms with Crippen molar-refractivity contribution in [2.24, 2.45) is 0 Å². The molecule has 0 fully saturated rings. The topological polar surface area (TPSA) is 87.7 Å². The Hall–Kier alpha value is -2.13. The first-order chi connectivity index (χ1) is 9.28. The molecule has 6 heteroatoms. The highest BCUT2D eigenvalue weighted by molar-refractivity contribution is 5.49. The van der Waals surface area contributed by atoms with Gasteiger partial charge in [0.05, 0.1) is 0 Å². The Balaban J connectivity index is 2.19. The monoisotopic (exact) mass is 260 g/mol. The number of rotatable bonds is 6. The summed E-state index contributed by atoms with van der Waals surface area (Å²) < 4.78 is 10.8. The van der Waals surface area contributed by atoms with E-state index in [0.717, 1.165) is 12.8 Å². The van der Waals surface area contributed by atoms with Gasteiger partial charge in [0.1, 0.15) is 23.6 Å². The van der Waals surface area contributed by atoms with Gasteiger partial charge in [-0.15, -0.1) is 0 Å². The number of ether oxygens (including phenoxy) is 1. The van der Waals surface area contributed by atoms with Crippen molar-refractivity contribution in [3.63, 3.8) is 0 Å². The lowest BCUT2D eigenvalue weighted by atomic mass is 10.2. The van der Waals surface area contributed by atoms with Gasteiger partial charge in [0.2, 0.25) is 5.82 Å². The molecule has 0 radical (unpaired) electrons. The molecule has 2 aromatic heterocycles. The van der Waals surface area contributed by atoms with Gasteiger partial charge in [-0.25, -0.2) is 0 Å².